The molecule has 0 bridgehead atoms. The first-order chi connectivity index (χ1) is 10.2. The average molecular weight is 298 g/mol. The predicted octanol–water partition coefficient (Wildman–Crippen LogP) is 4.06. The predicted molar refractivity (Wildman–Crippen MR) is 88.1 cm³/mol. The van der Waals surface area contributed by atoms with Gasteiger partial charge in [-0.15, -0.1) is 11.3 Å². The highest BCUT2D eigenvalue weighted by Gasteiger charge is 2.20. The maximum absolute atomic E-state index is 12.3. The molecule has 2 aromatic heterocycles. The van der Waals surface area contributed by atoms with Crippen LogP contribution in [0.3, 0.4) is 0 Å². The summed E-state index contributed by atoms with van der Waals surface area (Å²) < 4.78 is 3.28. The van der Waals surface area contributed by atoms with Gasteiger partial charge in [-0.25, -0.2) is 0 Å². The SMILES string of the molecule is CCNC(=O)c1cc2sccc2n1C(C)c1ccccc1. The van der Waals surface area contributed by atoms with Crippen LogP contribution in [0.1, 0.15) is 35.9 Å². The normalized spacial score (nSPS) is 12.5. The van der Waals surface area contributed by atoms with Crippen molar-refractivity contribution in [2.75, 3.05) is 6.54 Å². The van der Waals surface area contributed by atoms with Gasteiger partial charge in [0.25, 0.3) is 5.91 Å². The molecule has 1 atom stereocenters. The van der Waals surface area contributed by atoms with Gasteiger partial charge in [-0.1, -0.05) is 30.3 Å². The second-order valence-electron chi connectivity index (χ2n) is 5.02. The molecule has 1 N–H and O–H groups in total. The lowest BCUT2D eigenvalue weighted by Crippen LogP contribution is -2.26. The monoisotopic (exact) mass is 298 g/mol. The highest BCUT2D eigenvalue weighted by molar-refractivity contribution is 7.17. The third-order valence-corrected chi connectivity index (χ3v) is 4.55. The van der Waals surface area contributed by atoms with Crippen molar-refractivity contribution in [1.29, 1.82) is 0 Å². The molecule has 0 spiro atoms. The number of hydrogen-bond acceptors (Lipinski definition) is 2. The Morgan fingerprint density at radius 2 is 2.05 bits per heavy atom. The molecule has 0 saturated carbocycles. The van der Waals surface area contributed by atoms with Crippen LogP contribution in [0.4, 0.5) is 0 Å². The number of aromatic nitrogens is 1. The molecule has 1 amide bonds. The largest absolute Gasteiger partial charge is 0.351 e. The van der Waals surface area contributed by atoms with Gasteiger partial charge in [-0.2, -0.15) is 0 Å². The summed E-state index contributed by atoms with van der Waals surface area (Å²) >= 11 is 1.67. The number of fused-ring (bicyclic) bond motifs is 1. The average Bonchev–Trinajstić information content (AvgIpc) is 3.08. The number of thiophene rings is 1. The first-order valence-corrected chi connectivity index (χ1v) is 8.02. The maximum atomic E-state index is 12.3. The molecule has 0 fully saturated rings. The summed E-state index contributed by atoms with van der Waals surface area (Å²) in [6, 6.07) is 14.5. The zero-order valence-electron chi connectivity index (χ0n) is 12.2. The molecule has 108 valence electrons. The van der Waals surface area contributed by atoms with Gasteiger partial charge in [0.05, 0.1) is 16.3 Å². The molecule has 3 aromatic rings. The van der Waals surface area contributed by atoms with Crippen molar-refractivity contribution < 1.29 is 4.79 Å². The molecule has 0 aliphatic carbocycles. The van der Waals surface area contributed by atoms with Gasteiger partial charge in [0, 0.05) is 6.54 Å². The minimum atomic E-state index is -0.0105. The molecule has 4 heteroatoms. The second-order valence-corrected chi connectivity index (χ2v) is 5.96. The number of benzene rings is 1. The quantitative estimate of drug-likeness (QED) is 0.774. The Hall–Kier alpha value is -2.07. The summed E-state index contributed by atoms with van der Waals surface area (Å²) in [4.78, 5) is 12.3. The van der Waals surface area contributed by atoms with Crippen LogP contribution in [0.25, 0.3) is 10.2 Å². The molecular formula is C17H18N2OS. The number of nitrogens with zero attached hydrogens (tertiary/aromatic N) is 1. The van der Waals surface area contributed by atoms with Crippen LogP contribution < -0.4 is 5.32 Å². The van der Waals surface area contributed by atoms with Gasteiger partial charge in [0.1, 0.15) is 5.69 Å². The van der Waals surface area contributed by atoms with Crippen molar-refractivity contribution in [2.45, 2.75) is 19.9 Å². The third kappa shape index (κ3) is 2.47. The van der Waals surface area contributed by atoms with Crippen molar-refractivity contribution in [3.05, 3.63) is 59.1 Å². The van der Waals surface area contributed by atoms with Crippen LogP contribution >= 0.6 is 11.3 Å². The summed E-state index contributed by atoms with van der Waals surface area (Å²) in [5.41, 5.74) is 3.06. The van der Waals surface area contributed by atoms with E-state index in [9.17, 15) is 4.79 Å². The fraction of sp³-hybridized carbons (Fsp3) is 0.235. The Bertz CT molecular complexity index is 758. The van der Waals surface area contributed by atoms with Crippen molar-refractivity contribution in [3.63, 3.8) is 0 Å². The molecule has 1 unspecified atom stereocenters. The summed E-state index contributed by atoms with van der Waals surface area (Å²) in [6.45, 7) is 4.71. The minimum absolute atomic E-state index is 0.0105. The van der Waals surface area contributed by atoms with E-state index < -0.39 is 0 Å². The van der Waals surface area contributed by atoms with Gasteiger partial charge in [0.2, 0.25) is 0 Å². The van der Waals surface area contributed by atoms with Crippen molar-refractivity contribution >= 4 is 27.5 Å². The molecule has 21 heavy (non-hydrogen) atoms. The first kappa shape index (κ1) is 13.9. The number of amides is 1. The van der Waals surface area contributed by atoms with Crippen LogP contribution in [0.2, 0.25) is 0 Å². The smallest absolute Gasteiger partial charge is 0.267 e. The molecule has 0 aliphatic heterocycles. The molecule has 0 aliphatic rings. The number of carbonyl (C=O) groups is 1. The van der Waals surface area contributed by atoms with Crippen molar-refractivity contribution in [1.82, 2.24) is 9.88 Å². The Balaban J connectivity index is 2.13. The zero-order valence-corrected chi connectivity index (χ0v) is 13.0. The van der Waals surface area contributed by atoms with E-state index in [1.807, 2.05) is 31.2 Å². The van der Waals surface area contributed by atoms with Crippen LogP contribution in [-0.4, -0.2) is 17.0 Å². The Morgan fingerprint density at radius 1 is 1.29 bits per heavy atom. The van der Waals surface area contributed by atoms with Crippen molar-refractivity contribution in [2.24, 2.45) is 0 Å². The van der Waals surface area contributed by atoms with Gasteiger partial charge < -0.3 is 9.88 Å². The third-order valence-electron chi connectivity index (χ3n) is 3.70. The molecular weight excluding hydrogens is 280 g/mol. The van der Waals surface area contributed by atoms with Gasteiger partial charge in [0.15, 0.2) is 0 Å². The molecule has 1 aromatic carbocycles. The van der Waals surface area contributed by atoms with Gasteiger partial charge >= 0.3 is 0 Å². The van der Waals surface area contributed by atoms with E-state index in [-0.39, 0.29) is 11.9 Å². The number of hydrogen-bond donors (Lipinski definition) is 1. The minimum Gasteiger partial charge on any atom is -0.351 e. The Labute approximate surface area is 128 Å². The maximum Gasteiger partial charge on any atom is 0.267 e. The fourth-order valence-electron chi connectivity index (χ4n) is 2.67. The van der Waals surface area contributed by atoms with E-state index in [0.717, 1.165) is 15.9 Å². The Morgan fingerprint density at radius 3 is 2.76 bits per heavy atom. The van der Waals surface area contributed by atoms with E-state index in [2.05, 4.69) is 40.4 Å². The van der Waals surface area contributed by atoms with Gasteiger partial charge in [-0.3, -0.25) is 4.79 Å². The highest BCUT2D eigenvalue weighted by atomic mass is 32.1. The lowest BCUT2D eigenvalue weighted by molar-refractivity contribution is 0.0946. The Kier molecular flexibility index (Phi) is 3.80. The van der Waals surface area contributed by atoms with Gasteiger partial charge in [-0.05, 0) is 36.9 Å². The molecule has 3 rings (SSSR count). The summed E-state index contributed by atoms with van der Waals surface area (Å²) in [5.74, 6) is -0.0105. The van der Waals surface area contributed by atoms with Crippen LogP contribution in [-0.2, 0) is 0 Å². The number of carbonyl (C=O) groups excluding carboxylic acids is 1. The second kappa shape index (κ2) is 5.74. The number of rotatable bonds is 4. The molecule has 3 nitrogen and oxygen atoms in total. The van der Waals surface area contributed by atoms with E-state index in [1.165, 1.54) is 5.56 Å². The lowest BCUT2D eigenvalue weighted by atomic mass is 10.1. The van der Waals surface area contributed by atoms with E-state index in [1.54, 1.807) is 11.3 Å². The van der Waals surface area contributed by atoms with E-state index >= 15 is 0 Å². The molecule has 0 radical (unpaired) electrons. The lowest BCUT2D eigenvalue weighted by Gasteiger charge is -2.18. The highest BCUT2D eigenvalue weighted by Crippen LogP contribution is 2.31. The zero-order chi connectivity index (χ0) is 14.8. The molecule has 2 heterocycles. The first-order valence-electron chi connectivity index (χ1n) is 7.14. The van der Waals surface area contributed by atoms with Crippen LogP contribution in [0.5, 0.6) is 0 Å². The topological polar surface area (TPSA) is 34.0 Å². The number of nitrogens with one attached hydrogen (secondary N) is 1. The molecule has 0 saturated heterocycles. The fourth-order valence-corrected chi connectivity index (χ4v) is 3.48. The standard InChI is InChI=1S/C17H18N2OS/c1-3-18-17(20)15-11-16-14(9-10-21-16)19(15)12(2)13-7-5-4-6-8-13/h4-12H,3H2,1-2H3,(H,18,20). The van der Waals surface area contributed by atoms with Crippen LogP contribution in [0, 0.1) is 0 Å². The summed E-state index contributed by atoms with van der Waals surface area (Å²) in [7, 11) is 0. The van der Waals surface area contributed by atoms with E-state index in [4.69, 9.17) is 0 Å². The van der Waals surface area contributed by atoms with Crippen molar-refractivity contribution in [3.8, 4) is 0 Å². The van der Waals surface area contributed by atoms with E-state index in [0.29, 0.717) is 6.54 Å². The summed E-state index contributed by atoms with van der Waals surface area (Å²) in [6.07, 6.45) is 0. The summed E-state index contributed by atoms with van der Waals surface area (Å²) in [5, 5.41) is 4.97. The van der Waals surface area contributed by atoms with Crippen LogP contribution in [0.15, 0.2) is 47.8 Å².